The number of hydrogen-bond donors (Lipinski definition) is 2. The van der Waals surface area contributed by atoms with Gasteiger partial charge in [0.15, 0.2) is 0 Å². The molecule has 5 nitrogen and oxygen atoms in total. The van der Waals surface area contributed by atoms with Crippen molar-refractivity contribution in [3.8, 4) is 0 Å². The first kappa shape index (κ1) is 12.1. The van der Waals surface area contributed by atoms with E-state index in [9.17, 15) is 8.42 Å². The maximum Gasteiger partial charge on any atom is 0.213 e. The average Bonchev–Trinajstić information content (AvgIpc) is 2.18. The van der Waals surface area contributed by atoms with Gasteiger partial charge in [-0.15, -0.1) is 0 Å². The SMILES string of the molecule is CC(NS(=O)(=O)CCN)c1cccnc1. The molecular formula is C9H15N3O2S. The molecule has 3 N–H and O–H groups in total. The first-order chi connectivity index (χ1) is 7.05. The maximum atomic E-state index is 11.4. The summed E-state index contributed by atoms with van der Waals surface area (Å²) in [6, 6.07) is 3.31. The molecule has 1 aromatic rings. The molecule has 1 rings (SSSR count). The molecule has 0 fully saturated rings. The highest BCUT2D eigenvalue weighted by atomic mass is 32.2. The molecule has 0 saturated heterocycles. The molecule has 0 aliphatic heterocycles. The molecule has 0 spiro atoms. The summed E-state index contributed by atoms with van der Waals surface area (Å²) >= 11 is 0. The molecule has 0 amide bonds. The zero-order valence-electron chi connectivity index (χ0n) is 8.55. The van der Waals surface area contributed by atoms with Crippen LogP contribution in [0.1, 0.15) is 18.5 Å². The van der Waals surface area contributed by atoms with E-state index in [4.69, 9.17) is 5.73 Å². The highest BCUT2D eigenvalue weighted by Gasteiger charge is 2.14. The van der Waals surface area contributed by atoms with Crippen molar-refractivity contribution in [3.63, 3.8) is 0 Å². The lowest BCUT2D eigenvalue weighted by atomic mass is 10.2. The van der Waals surface area contributed by atoms with Gasteiger partial charge in [0, 0.05) is 25.0 Å². The molecule has 0 saturated carbocycles. The van der Waals surface area contributed by atoms with Crippen molar-refractivity contribution in [1.82, 2.24) is 9.71 Å². The van der Waals surface area contributed by atoms with Gasteiger partial charge in [0.2, 0.25) is 10.0 Å². The van der Waals surface area contributed by atoms with E-state index in [2.05, 4.69) is 9.71 Å². The van der Waals surface area contributed by atoms with Crippen molar-refractivity contribution in [2.45, 2.75) is 13.0 Å². The van der Waals surface area contributed by atoms with E-state index in [0.717, 1.165) is 5.56 Å². The zero-order chi connectivity index (χ0) is 11.3. The third-order valence-electron chi connectivity index (χ3n) is 1.93. The fourth-order valence-corrected chi connectivity index (χ4v) is 2.29. The summed E-state index contributed by atoms with van der Waals surface area (Å²) in [6.07, 6.45) is 3.28. The molecule has 0 aliphatic rings. The Balaban J connectivity index is 2.68. The van der Waals surface area contributed by atoms with Crippen LogP contribution in [0.3, 0.4) is 0 Å². The number of hydrogen-bond acceptors (Lipinski definition) is 4. The van der Waals surface area contributed by atoms with Crippen LogP contribution in [-0.2, 0) is 10.0 Å². The molecule has 1 atom stereocenters. The van der Waals surface area contributed by atoms with Gasteiger partial charge in [0.25, 0.3) is 0 Å². The quantitative estimate of drug-likeness (QED) is 0.745. The summed E-state index contributed by atoms with van der Waals surface area (Å²) in [5, 5.41) is 0. The molecule has 0 radical (unpaired) electrons. The number of nitrogens with two attached hydrogens (primary N) is 1. The van der Waals surface area contributed by atoms with Crippen LogP contribution in [0, 0.1) is 0 Å². The van der Waals surface area contributed by atoms with E-state index in [1.54, 1.807) is 25.4 Å². The van der Waals surface area contributed by atoms with Crippen molar-refractivity contribution in [2.24, 2.45) is 5.73 Å². The van der Waals surface area contributed by atoms with Gasteiger partial charge < -0.3 is 5.73 Å². The number of nitrogens with zero attached hydrogens (tertiary/aromatic N) is 1. The van der Waals surface area contributed by atoms with Crippen molar-refractivity contribution in [2.75, 3.05) is 12.3 Å². The Hall–Kier alpha value is -0.980. The zero-order valence-corrected chi connectivity index (χ0v) is 9.37. The topological polar surface area (TPSA) is 85.1 Å². The van der Waals surface area contributed by atoms with E-state index < -0.39 is 10.0 Å². The van der Waals surface area contributed by atoms with Crippen LogP contribution in [-0.4, -0.2) is 25.7 Å². The molecule has 1 aromatic heterocycles. The number of rotatable bonds is 5. The predicted molar refractivity (Wildman–Crippen MR) is 58.6 cm³/mol. The van der Waals surface area contributed by atoms with E-state index in [1.807, 2.05) is 6.07 Å². The van der Waals surface area contributed by atoms with Crippen LogP contribution in [0.4, 0.5) is 0 Å². The van der Waals surface area contributed by atoms with Gasteiger partial charge in [-0.25, -0.2) is 13.1 Å². The van der Waals surface area contributed by atoms with Gasteiger partial charge in [-0.2, -0.15) is 0 Å². The lowest BCUT2D eigenvalue weighted by Gasteiger charge is -2.13. The van der Waals surface area contributed by atoms with Crippen LogP contribution in [0.15, 0.2) is 24.5 Å². The van der Waals surface area contributed by atoms with Crippen LogP contribution in [0.25, 0.3) is 0 Å². The van der Waals surface area contributed by atoms with Crippen LogP contribution < -0.4 is 10.5 Å². The lowest BCUT2D eigenvalue weighted by Crippen LogP contribution is -2.31. The summed E-state index contributed by atoms with van der Waals surface area (Å²) in [4.78, 5) is 3.92. The largest absolute Gasteiger partial charge is 0.329 e. The highest BCUT2D eigenvalue weighted by Crippen LogP contribution is 2.10. The molecule has 1 heterocycles. The molecule has 6 heteroatoms. The Morgan fingerprint density at radius 1 is 1.60 bits per heavy atom. The summed E-state index contributed by atoms with van der Waals surface area (Å²) in [5.74, 6) is -0.0579. The molecule has 0 aliphatic carbocycles. The molecule has 0 aromatic carbocycles. The summed E-state index contributed by atoms with van der Waals surface area (Å²) in [5.41, 5.74) is 6.03. The van der Waals surface area contributed by atoms with Gasteiger partial charge in [0.1, 0.15) is 0 Å². The molecular weight excluding hydrogens is 214 g/mol. The fourth-order valence-electron chi connectivity index (χ4n) is 1.18. The van der Waals surface area contributed by atoms with E-state index in [-0.39, 0.29) is 18.3 Å². The molecule has 15 heavy (non-hydrogen) atoms. The lowest BCUT2D eigenvalue weighted by molar-refractivity contribution is 0.566. The van der Waals surface area contributed by atoms with Crippen molar-refractivity contribution in [1.29, 1.82) is 0 Å². The van der Waals surface area contributed by atoms with Gasteiger partial charge in [-0.3, -0.25) is 4.98 Å². The normalized spacial score (nSPS) is 13.7. The van der Waals surface area contributed by atoms with Gasteiger partial charge in [-0.05, 0) is 18.6 Å². The van der Waals surface area contributed by atoms with E-state index >= 15 is 0 Å². The minimum Gasteiger partial charge on any atom is -0.329 e. The summed E-state index contributed by atoms with van der Waals surface area (Å²) < 4.78 is 25.3. The summed E-state index contributed by atoms with van der Waals surface area (Å²) in [6.45, 7) is 1.89. The standard InChI is InChI=1S/C9H15N3O2S/c1-8(9-3-2-5-11-7-9)12-15(13,14)6-4-10/h2-3,5,7-8,12H,4,6,10H2,1H3. The van der Waals surface area contributed by atoms with Gasteiger partial charge >= 0.3 is 0 Å². The van der Waals surface area contributed by atoms with Crippen molar-refractivity contribution >= 4 is 10.0 Å². The first-order valence-corrected chi connectivity index (χ1v) is 6.30. The van der Waals surface area contributed by atoms with Crippen LogP contribution >= 0.6 is 0 Å². The van der Waals surface area contributed by atoms with Crippen LogP contribution in [0.2, 0.25) is 0 Å². The second-order valence-electron chi connectivity index (χ2n) is 3.23. The monoisotopic (exact) mass is 229 g/mol. The van der Waals surface area contributed by atoms with Crippen LogP contribution in [0.5, 0.6) is 0 Å². The number of nitrogens with one attached hydrogen (secondary N) is 1. The average molecular weight is 229 g/mol. The predicted octanol–water partition coefficient (Wildman–Crippen LogP) is 0.0207. The fraction of sp³-hybridized carbons (Fsp3) is 0.444. The minimum atomic E-state index is -3.28. The number of sulfonamides is 1. The Morgan fingerprint density at radius 3 is 2.87 bits per heavy atom. The van der Waals surface area contributed by atoms with Gasteiger partial charge in [-0.1, -0.05) is 6.07 Å². The minimum absolute atomic E-state index is 0.0579. The van der Waals surface area contributed by atoms with E-state index in [1.165, 1.54) is 0 Å². The van der Waals surface area contributed by atoms with Crippen molar-refractivity contribution < 1.29 is 8.42 Å². The Bertz CT molecular complexity index is 391. The second-order valence-corrected chi connectivity index (χ2v) is 5.11. The number of aromatic nitrogens is 1. The highest BCUT2D eigenvalue weighted by molar-refractivity contribution is 7.89. The Morgan fingerprint density at radius 2 is 2.33 bits per heavy atom. The summed E-state index contributed by atoms with van der Waals surface area (Å²) in [7, 11) is -3.28. The maximum absolute atomic E-state index is 11.4. The second kappa shape index (κ2) is 5.20. The van der Waals surface area contributed by atoms with E-state index in [0.29, 0.717) is 0 Å². The third kappa shape index (κ3) is 3.94. The smallest absolute Gasteiger partial charge is 0.213 e. The first-order valence-electron chi connectivity index (χ1n) is 4.65. The van der Waals surface area contributed by atoms with Crippen molar-refractivity contribution in [3.05, 3.63) is 30.1 Å². The molecule has 84 valence electrons. The molecule has 0 bridgehead atoms. The molecule has 1 unspecified atom stereocenters. The van der Waals surface area contributed by atoms with Gasteiger partial charge in [0.05, 0.1) is 5.75 Å². The number of pyridine rings is 1. The Labute approximate surface area is 89.8 Å². The third-order valence-corrected chi connectivity index (χ3v) is 3.41. The Kier molecular flexibility index (Phi) is 4.19.